The van der Waals surface area contributed by atoms with Gasteiger partial charge in [-0.3, -0.25) is 0 Å². The molecule has 0 aliphatic heterocycles. The van der Waals surface area contributed by atoms with Crippen LogP contribution in [0.2, 0.25) is 0 Å². The first kappa shape index (κ1) is 14.3. The van der Waals surface area contributed by atoms with Crippen molar-refractivity contribution in [2.24, 2.45) is 0 Å². The van der Waals surface area contributed by atoms with Crippen LogP contribution in [0.3, 0.4) is 0 Å². The van der Waals surface area contributed by atoms with E-state index in [9.17, 15) is 0 Å². The van der Waals surface area contributed by atoms with Crippen molar-refractivity contribution in [1.29, 1.82) is 0 Å². The molecule has 0 spiro atoms. The molecule has 0 amide bonds. The van der Waals surface area contributed by atoms with Gasteiger partial charge < -0.3 is 0 Å². The van der Waals surface area contributed by atoms with Gasteiger partial charge in [-0.1, -0.05) is 54.1 Å². The Hall–Kier alpha value is -1.64. The molecule has 2 aromatic carbocycles. The number of benzene rings is 2. The number of aryl methyl sites for hydroxylation is 2. The van der Waals surface area contributed by atoms with Crippen molar-refractivity contribution >= 4 is 22.9 Å². The number of rotatable bonds is 3. The molecule has 3 rings (SSSR count). The zero-order valence-corrected chi connectivity index (χ0v) is 13.6. The summed E-state index contributed by atoms with van der Waals surface area (Å²) in [6, 6.07) is 16.8. The first-order chi connectivity index (χ1) is 10.2. The molecule has 106 valence electrons. The summed E-state index contributed by atoms with van der Waals surface area (Å²) in [5.74, 6) is 0.493. The first-order valence-corrected chi connectivity index (χ1v) is 8.23. The Morgan fingerprint density at radius 2 is 1.71 bits per heavy atom. The number of alkyl halides is 1. The second kappa shape index (κ2) is 6.00. The third-order valence-electron chi connectivity index (χ3n) is 3.52. The summed E-state index contributed by atoms with van der Waals surface area (Å²) in [6.07, 6.45) is 0. The lowest BCUT2D eigenvalue weighted by Crippen LogP contribution is -1.84. The van der Waals surface area contributed by atoms with Crippen LogP contribution in [0.4, 0.5) is 0 Å². The Morgan fingerprint density at radius 1 is 1.00 bits per heavy atom. The van der Waals surface area contributed by atoms with Crippen molar-refractivity contribution in [3.63, 3.8) is 0 Å². The fraction of sp³-hybridized carbons (Fsp3) is 0.167. The standard InChI is InChI=1S/C18H16ClNS/c1-12-7-9-14(10-8-12)17-16(11-19)21-18(20-17)15-6-4-3-5-13(15)2/h3-10H,11H2,1-2H3. The first-order valence-electron chi connectivity index (χ1n) is 6.87. The van der Waals surface area contributed by atoms with Crippen LogP contribution in [0.25, 0.3) is 21.8 Å². The summed E-state index contributed by atoms with van der Waals surface area (Å²) in [7, 11) is 0. The van der Waals surface area contributed by atoms with Crippen molar-refractivity contribution in [2.45, 2.75) is 19.7 Å². The van der Waals surface area contributed by atoms with E-state index >= 15 is 0 Å². The number of nitrogens with zero attached hydrogens (tertiary/aromatic N) is 1. The maximum atomic E-state index is 6.12. The molecule has 0 aliphatic carbocycles. The minimum atomic E-state index is 0.493. The van der Waals surface area contributed by atoms with Crippen molar-refractivity contribution in [3.8, 4) is 21.8 Å². The van der Waals surface area contributed by atoms with Crippen LogP contribution in [-0.4, -0.2) is 4.98 Å². The summed E-state index contributed by atoms with van der Waals surface area (Å²) in [4.78, 5) is 5.97. The van der Waals surface area contributed by atoms with E-state index in [1.54, 1.807) is 11.3 Å². The highest BCUT2D eigenvalue weighted by Gasteiger charge is 2.14. The van der Waals surface area contributed by atoms with Gasteiger partial charge >= 0.3 is 0 Å². The Morgan fingerprint density at radius 3 is 2.38 bits per heavy atom. The third-order valence-corrected chi connectivity index (χ3v) is 5.03. The molecule has 1 nitrogen and oxygen atoms in total. The van der Waals surface area contributed by atoms with Crippen molar-refractivity contribution < 1.29 is 0 Å². The lowest BCUT2D eigenvalue weighted by Gasteiger charge is -2.01. The number of aromatic nitrogens is 1. The number of thiazole rings is 1. The SMILES string of the molecule is Cc1ccc(-c2nc(-c3ccccc3C)sc2CCl)cc1. The van der Waals surface area contributed by atoms with Crippen LogP contribution in [0.1, 0.15) is 16.0 Å². The van der Waals surface area contributed by atoms with Gasteiger partial charge in [0.05, 0.1) is 11.6 Å². The third kappa shape index (κ3) is 2.87. The monoisotopic (exact) mass is 313 g/mol. The van der Waals surface area contributed by atoms with Crippen LogP contribution in [-0.2, 0) is 5.88 Å². The van der Waals surface area contributed by atoms with Gasteiger partial charge in [0.2, 0.25) is 0 Å². The van der Waals surface area contributed by atoms with Crippen molar-refractivity contribution in [3.05, 3.63) is 64.5 Å². The summed E-state index contributed by atoms with van der Waals surface area (Å²) in [6.45, 7) is 4.20. The highest BCUT2D eigenvalue weighted by Crippen LogP contribution is 2.36. The average molecular weight is 314 g/mol. The Bertz CT molecular complexity index is 759. The number of hydrogen-bond acceptors (Lipinski definition) is 2. The smallest absolute Gasteiger partial charge is 0.124 e. The van der Waals surface area contributed by atoms with E-state index in [1.807, 2.05) is 0 Å². The molecule has 21 heavy (non-hydrogen) atoms. The molecular weight excluding hydrogens is 298 g/mol. The van der Waals surface area contributed by atoms with E-state index < -0.39 is 0 Å². The molecule has 0 N–H and O–H groups in total. The molecule has 0 unspecified atom stereocenters. The maximum absolute atomic E-state index is 6.12. The Balaban J connectivity index is 2.11. The van der Waals surface area contributed by atoms with Gasteiger partial charge in [-0.25, -0.2) is 4.98 Å². The fourth-order valence-corrected chi connectivity index (χ4v) is 3.62. The minimum Gasteiger partial charge on any atom is -0.236 e. The molecular formula is C18H16ClNS. The van der Waals surface area contributed by atoms with E-state index in [2.05, 4.69) is 62.4 Å². The zero-order valence-electron chi connectivity index (χ0n) is 12.1. The second-order valence-electron chi connectivity index (χ2n) is 5.11. The number of hydrogen-bond donors (Lipinski definition) is 0. The van der Waals surface area contributed by atoms with Gasteiger partial charge in [0.25, 0.3) is 0 Å². The van der Waals surface area contributed by atoms with E-state index in [-0.39, 0.29) is 0 Å². The topological polar surface area (TPSA) is 12.9 Å². The van der Waals surface area contributed by atoms with Crippen molar-refractivity contribution in [1.82, 2.24) is 4.98 Å². The molecule has 0 saturated heterocycles. The average Bonchev–Trinajstić information content (AvgIpc) is 2.92. The van der Waals surface area contributed by atoms with Crippen LogP contribution >= 0.6 is 22.9 Å². The molecule has 0 bridgehead atoms. The lowest BCUT2D eigenvalue weighted by molar-refractivity contribution is 1.33. The molecule has 3 aromatic rings. The van der Waals surface area contributed by atoms with Gasteiger partial charge in [-0.05, 0) is 19.4 Å². The van der Waals surface area contributed by atoms with Crippen molar-refractivity contribution in [2.75, 3.05) is 0 Å². The van der Waals surface area contributed by atoms with Crippen LogP contribution in [0.5, 0.6) is 0 Å². The molecule has 0 fully saturated rings. The molecule has 1 heterocycles. The van der Waals surface area contributed by atoms with E-state index in [4.69, 9.17) is 16.6 Å². The minimum absolute atomic E-state index is 0.493. The van der Waals surface area contributed by atoms with Gasteiger partial charge in [-0.2, -0.15) is 0 Å². The second-order valence-corrected chi connectivity index (χ2v) is 6.46. The fourth-order valence-electron chi connectivity index (χ4n) is 2.31. The highest BCUT2D eigenvalue weighted by atomic mass is 35.5. The Kier molecular flexibility index (Phi) is 4.09. The van der Waals surface area contributed by atoms with Gasteiger partial charge in [0.1, 0.15) is 5.01 Å². The summed E-state index contributed by atoms with van der Waals surface area (Å²) in [5, 5.41) is 1.04. The normalized spacial score (nSPS) is 10.8. The Labute approximate surface area is 134 Å². The van der Waals surface area contributed by atoms with Crippen LogP contribution in [0.15, 0.2) is 48.5 Å². The molecule has 3 heteroatoms. The van der Waals surface area contributed by atoms with Gasteiger partial charge in [0.15, 0.2) is 0 Å². The predicted octanol–water partition coefficient (Wildman–Crippen LogP) is 5.83. The lowest BCUT2D eigenvalue weighted by atomic mass is 10.1. The number of halogens is 1. The summed E-state index contributed by atoms with van der Waals surface area (Å²) >= 11 is 7.81. The maximum Gasteiger partial charge on any atom is 0.124 e. The predicted molar refractivity (Wildman–Crippen MR) is 92.0 cm³/mol. The molecule has 0 saturated carbocycles. The zero-order chi connectivity index (χ0) is 14.8. The summed E-state index contributed by atoms with van der Waals surface area (Å²) < 4.78 is 0. The molecule has 1 aromatic heterocycles. The van der Waals surface area contributed by atoms with Crippen LogP contribution in [0, 0.1) is 13.8 Å². The molecule has 0 aliphatic rings. The van der Waals surface area contributed by atoms with Crippen LogP contribution < -0.4 is 0 Å². The van der Waals surface area contributed by atoms with Gasteiger partial charge in [0, 0.05) is 16.0 Å². The molecule has 0 radical (unpaired) electrons. The van der Waals surface area contributed by atoms with E-state index in [0.29, 0.717) is 5.88 Å². The van der Waals surface area contributed by atoms with E-state index in [0.717, 1.165) is 21.1 Å². The molecule has 0 atom stereocenters. The van der Waals surface area contributed by atoms with E-state index in [1.165, 1.54) is 16.7 Å². The summed E-state index contributed by atoms with van der Waals surface area (Å²) in [5.41, 5.74) is 5.82. The van der Waals surface area contributed by atoms with Gasteiger partial charge in [-0.15, -0.1) is 22.9 Å². The quantitative estimate of drug-likeness (QED) is 0.554. The highest BCUT2D eigenvalue weighted by molar-refractivity contribution is 7.15. The largest absolute Gasteiger partial charge is 0.236 e.